The number of aliphatic imine (C=N–C) groups is 1. The first kappa shape index (κ1) is 20.8. The summed E-state index contributed by atoms with van der Waals surface area (Å²) >= 11 is 6.89. The number of rotatable bonds is 3. The van der Waals surface area contributed by atoms with Gasteiger partial charge in [-0.25, -0.2) is 0 Å². The summed E-state index contributed by atoms with van der Waals surface area (Å²) in [5.74, 6) is 1.58. The Morgan fingerprint density at radius 2 is 2.00 bits per heavy atom. The van der Waals surface area contributed by atoms with Crippen LogP contribution in [-0.4, -0.2) is 66.4 Å². The molecule has 0 spiro atoms. The van der Waals surface area contributed by atoms with Crippen LogP contribution in [0.5, 0.6) is 0 Å². The number of hydrogen-bond donors (Lipinski definition) is 3. The van der Waals surface area contributed by atoms with E-state index in [0.717, 1.165) is 65.1 Å². The minimum absolute atomic E-state index is 0.252. The molecular formula is C25H32ClN7O. The molecule has 9 heteroatoms. The van der Waals surface area contributed by atoms with Crippen LogP contribution < -0.4 is 5.73 Å². The summed E-state index contributed by atoms with van der Waals surface area (Å²) < 4.78 is 10.9. The van der Waals surface area contributed by atoms with Crippen LogP contribution in [-0.2, 0) is 13.1 Å². The van der Waals surface area contributed by atoms with E-state index in [1.807, 2.05) is 36.5 Å². The highest BCUT2D eigenvalue weighted by molar-refractivity contribution is 6.38. The Morgan fingerprint density at radius 3 is 2.71 bits per heavy atom. The normalized spacial score (nSPS) is 27.2. The van der Waals surface area contributed by atoms with Crippen molar-refractivity contribution in [3.63, 3.8) is 0 Å². The van der Waals surface area contributed by atoms with Gasteiger partial charge in [0.05, 0.1) is 24.1 Å². The zero-order chi connectivity index (χ0) is 24.6. The number of nitrogens with one attached hydrogen (secondary N) is 1. The van der Waals surface area contributed by atoms with E-state index in [0.29, 0.717) is 23.7 Å². The van der Waals surface area contributed by atoms with E-state index >= 15 is 0 Å². The van der Waals surface area contributed by atoms with Gasteiger partial charge in [0.1, 0.15) is 5.82 Å². The number of H-pyrrole nitrogens is 1. The van der Waals surface area contributed by atoms with Gasteiger partial charge in [0.2, 0.25) is 5.96 Å². The molecule has 0 saturated carbocycles. The smallest absolute Gasteiger partial charge is 0.203 e. The van der Waals surface area contributed by atoms with E-state index in [4.69, 9.17) is 23.7 Å². The minimum Gasteiger partial charge on any atom is -0.389 e. The number of halogens is 1. The molecule has 0 aliphatic carbocycles. The standard InChI is InChI=1S/C25H32ClN7O/c1-25(2,34)13-32-12-20-21(30-32)7-6-17(22(20)26)18-10-28-23-19(18)11-31(3)24(29-23)33-15-4-5-16(33)9-14(27)8-15/h6-7,10,12,14-16,28,34H,4-5,8-9,11,13,27H2,1-3H3/i11D. The summed E-state index contributed by atoms with van der Waals surface area (Å²) in [6, 6.07) is 4.93. The van der Waals surface area contributed by atoms with Crippen molar-refractivity contribution < 1.29 is 6.48 Å². The van der Waals surface area contributed by atoms with Gasteiger partial charge in [0.15, 0.2) is 0 Å². The van der Waals surface area contributed by atoms with Gasteiger partial charge in [-0.05, 0) is 45.6 Å². The fraction of sp³-hybridized carbons (Fsp3) is 0.520. The molecule has 3 aliphatic rings. The Bertz CT molecular complexity index is 1310. The highest BCUT2D eigenvalue weighted by atomic mass is 35.5. The summed E-state index contributed by atoms with van der Waals surface area (Å²) in [5, 5.41) is 16.1. The third-order valence-corrected chi connectivity index (χ3v) is 7.67. The predicted octanol–water partition coefficient (Wildman–Crippen LogP) is 3.84. The molecule has 5 heterocycles. The number of aliphatic hydroxyl groups is 1. The fourth-order valence-corrected chi connectivity index (χ4v) is 6.19. The van der Waals surface area contributed by atoms with Gasteiger partial charge >= 0.3 is 0 Å². The van der Waals surface area contributed by atoms with Gasteiger partial charge < -0.3 is 25.6 Å². The second-order valence-corrected chi connectivity index (χ2v) is 11.0. The number of nitrogens with zero attached hydrogens (tertiary/aromatic N) is 5. The zero-order valence-corrected chi connectivity index (χ0v) is 20.5. The molecule has 2 aromatic heterocycles. The first-order valence-corrected chi connectivity index (χ1v) is 12.4. The van der Waals surface area contributed by atoms with Crippen molar-refractivity contribution in [3.8, 4) is 11.1 Å². The SMILES string of the molecule is [2H]C1c2c(-c3ccc4nn(CC(C)(C)O)cc4c3Cl)c[nH]c2N=C(N2C3CCC2CC(N)C3)N1C. The molecular weight excluding hydrogens is 450 g/mol. The average Bonchev–Trinajstić information content (AvgIpc) is 3.44. The summed E-state index contributed by atoms with van der Waals surface area (Å²) in [7, 11) is 1.95. The van der Waals surface area contributed by atoms with Gasteiger partial charge in [-0.1, -0.05) is 17.7 Å². The number of piperidine rings is 1. The molecule has 3 atom stereocenters. The highest BCUT2D eigenvalue weighted by Gasteiger charge is 2.43. The van der Waals surface area contributed by atoms with Crippen LogP contribution in [0.15, 0.2) is 29.5 Å². The Kier molecular flexibility index (Phi) is 4.73. The van der Waals surface area contributed by atoms with Crippen LogP contribution in [0.2, 0.25) is 5.02 Å². The van der Waals surface area contributed by atoms with E-state index in [-0.39, 0.29) is 6.04 Å². The second-order valence-electron chi connectivity index (χ2n) is 10.6. The van der Waals surface area contributed by atoms with Crippen molar-refractivity contribution in [2.24, 2.45) is 10.7 Å². The van der Waals surface area contributed by atoms with Crippen LogP contribution in [0.4, 0.5) is 5.82 Å². The molecule has 3 aliphatic heterocycles. The van der Waals surface area contributed by atoms with Gasteiger partial charge in [-0.2, -0.15) is 10.1 Å². The van der Waals surface area contributed by atoms with Crippen molar-refractivity contribution in [3.05, 3.63) is 35.1 Å². The minimum atomic E-state index is -0.880. The molecule has 0 radical (unpaired) electrons. The predicted molar refractivity (Wildman–Crippen MR) is 135 cm³/mol. The van der Waals surface area contributed by atoms with Crippen molar-refractivity contribution in [2.45, 2.75) is 76.3 Å². The quantitative estimate of drug-likeness (QED) is 0.526. The summed E-state index contributed by atoms with van der Waals surface area (Å²) in [4.78, 5) is 12.7. The summed E-state index contributed by atoms with van der Waals surface area (Å²) in [6.45, 7) is 3.26. The number of aromatic nitrogens is 3. The topological polar surface area (TPSA) is 98.7 Å². The molecule has 6 rings (SSSR count). The number of nitrogens with two attached hydrogens (primary N) is 1. The maximum absolute atomic E-state index is 10.2. The molecule has 2 fully saturated rings. The molecule has 0 amide bonds. The summed E-state index contributed by atoms with van der Waals surface area (Å²) in [6.07, 6.45) is 8.00. The van der Waals surface area contributed by atoms with Crippen molar-refractivity contribution in [1.29, 1.82) is 0 Å². The Balaban J connectivity index is 1.39. The Morgan fingerprint density at radius 1 is 1.26 bits per heavy atom. The lowest BCUT2D eigenvalue weighted by Crippen LogP contribution is -2.54. The lowest BCUT2D eigenvalue weighted by molar-refractivity contribution is 0.0580. The molecule has 2 bridgehead atoms. The molecule has 34 heavy (non-hydrogen) atoms. The van der Waals surface area contributed by atoms with E-state index in [1.165, 1.54) is 0 Å². The lowest BCUT2D eigenvalue weighted by atomic mass is 9.98. The molecule has 4 N–H and O–H groups in total. The number of hydrogen-bond acceptors (Lipinski definition) is 6. The van der Waals surface area contributed by atoms with Gasteiger partial charge in [-0.15, -0.1) is 0 Å². The molecule has 3 unspecified atom stereocenters. The van der Waals surface area contributed by atoms with E-state index in [1.54, 1.807) is 18.5 Å². The molecule has 1 aromatic carbocycles. The Hall–Kier alpha value is -2.55. The van der Waals surface area contributed by atoms with Crippen LogP contribution in [0.1, 0.15) is 46.5 Å². The number of guanidine groups is 1. The average molecular weight is 483 g/mol. The van der Waals surface area contributed by atoms with Gasteiger partial charge in [0.25, 0.3) is 0 Å². The fourth-order valence-electron chi connectivity index (χ4n) is 5.88. The van der Waals surface area contributed by atoms with Crippen LogP contribution in [0.25, 0.3) is 22.0 Å². The summed E-state index contributed by atoms with van der Waals surface area (Å²) in [5.41, 5.74) is 8.71. The van der Waals surface area contributed by atoms with Gasteiger partial charge in [-0.3, -0.25) is 4.68 Å². The van der Waals surface area contributed by atoms with Crippen molar-refractivity contribution in [2.75, 3.05) is 7.05 Å². The van der Waals surface area contributed by atoms with E-state index in [2.05, 4.69) is 15.0 Å². The maximum atomic E-state index is 10.2. The number of aromatic amines is 1. The third kappa shape index (κ3) is 3.59. The zero-order valence-electron chi connectivity index (χ0n) is 20.8. The number of fused-ring (bicyclic) bond motifs is 4. The Labute approximate surface area is 205 Å². The van der Waals surface area contributed by atoms with Crippen molar-refractivity contribution >= 4 is 34.3 Å². The van der Waals surface area contributed by atoms with Crippen LogP contribution in [0, 0.1) is 0 Å². The molecule has 3 aromatic rings. The van der Waals surface area contributed by atoms with E-state index < -0.39 is 12.1 Å². The number of benzene rings is 1. The first-order chi connectivity index (χ1) is 16.6. The molecule has 180 valence electrons. The van der Waals surface area contributed by atoms with Crippen molar-refractivity contribution in [1.82, 2.24) is 24.6 Å². The highest BCUT2D eigenvalue weighted by Crippen LogP contribution is 2.42. The van der Waals surface area contributed by atoms with Crippen LogP contribution >= 0.6 is 11.6 Å². The van der Waals surface area contributed by atoms with Gasteiger partial charge in [0, 0.05) is 66.2 Å². The first-order valence-electron chi connectivity index (χ1n) is 12.6. The second kappa shape index (κ2) is 7.73. The van der Waals surface area contributed by atoms with E-state index in [9.17, 15) is 5.11 Å². The van der Waals surface area contributed by atoms with Crippen LogP contribution in [0.3, 0.4) is 0 Å². The molecule has 2 saturated heterocycles. The monoisotopic (exact) mass is 482 g/mol. The maximum Gasteiger partial charge on any atom is 0.203 e. The largest absolute Gasteiger partial charge is 0.389 e. The third-order valence-electron chi connectivity index (χ3n) is 7.26. The molecule has 8 nitrogen and oxygen atoms in total. The lowest BCUT2D eigenvalue weighted by Gasteiger charge is -2.43.